The van der Waals surface area contributed by atoms with Crippen molar-refractivity contribution < 1.29 is 17.6 Å². The third-order valence-electron chi connectivity index (χ3n) is 6.47. The van der Waals surface area contributed by atoms with Gasteiger partial charge in [0.25, 0.3) is 0 Å². The summed E-state index contributed by atoms with van der Waals surface area (Å²) in [6, 6.07) is 25.5. The van der Waals surface area contributed by atoms with Gasteiger partial charge in [0.15, 0.2) is 11.0 Å². The quantitative estimate of drug-likeness (QED) is 0.144. The van der Waals surface area contributed by atoms with Gasteiger partial charge in [0.2, 0.25) is 15.9 Å². The number of hydrogen-bond donors (Lipinski definition) is 2. The molecular weight excluding hydrogens is 644 g/mol. The largest absolute Gasteiger partial charge is 0.326 e. The van der Waals surface area contributed by atoms with E-state index >= 15 is 0 Å². The van der Waals surface area contributed by atoms with Crippen molar-refractivity contribution in [2.75, 3.05) is 5.32 Å². The monoisotopic (exact) mass is 669 g/mol. The van der Waals surface area contributed by atoms with Crippen LogP contribution in [-0.2, 0) is 27.0 Å². The van der Waals surface area contributed by atoms with E-state index in [0.29, 0.717) is 38.2 Å². The molecule has 1 atom stereocenters. The molecule has 0 radical (unpaired) electrons. The molecule has 0 aliphatic rings. The standard InChI is InChI=1S/C31H26Cl2FN5O3S2/c1-20(40)35-25-12-14-26(15-13-25)44(41,42)38-28(17-21-5-3-2-4-6-21)30-36-37-31(43-19-22-7-10-24(34)11-8-22)39(30)29-16-9-23(32)18-27(29)33/h2-16,18,28,38H,17,19H2,1H3,(H,35,40). The summed E-state index contributed by atoms with van der Waals surface area (Å²) in [5, 5.41) is 12.7. The number of halogens is 3. The third kappa shape index (κ3) is 7.85. The lowest BCUT2D eigenvalue weighted by Gasteiger charge is -2.21. The molecular formula is C31H26Cl2FN5O3S2. The Kier molecular flexibility index (Phi) is 10.0. The Hall–Kier alpha value is -3.74. The number of carbonyl (C=O) groups excluding carboxylic acids is 1. The minimum absolute atomic E-state index is 0.00571. The van der Waals surface area contributed by atoms with Gasteiger partial charge in [-0.15, -0.1) is 10.2 Å². The normalized spacial score (nSPS) is 12.2. The molecule has 1 amide bonds. The smallest absolute Gasteiger partial charge is 0.241 e. The van der Waals surface area contributed by atoms with Crippen LogP contribution in [0.3, 0.4) is 0 Å². The van der Waals surface area contributed by atoms with E-state index in [9.17, 15) is 17.6 Å². The van der Waals surface area contributed by atoms with Crippen LogP contribution in [0.5, 0.6) is 0 Å². The summed E-state index contributed by atoms with van der Waals surface area (Å²) in [5.41, 5.74) is 2.70. The van der Waals surface area contributed by atoms with E-state index in [1.807, 2.05) is 30.3 Å². The SMILES string of the molecule is CC(=O)Nc1ccc(S(=O)(=O)NC(Cc2ccccc2)c2nnc(SCc3ccc(F)cc3)n2-c2ccc(Cl)cc2Cl)cc1. The molecule has 4 aromatic carbocycles. The van der Waals surface area contributed by atoms with Gasteiger partial charge in [-0.3, -0.25) is 9.36 Å². The number of anilines is 1. The molecule has 226 valence electrons. The van der Waals surface area contributed by atoms with Crippen molar-refractivity contribution in [3.8, 4) is 5.69 Å². The summed E-state index contributed by atoms with van der Waals surface area (Å²) in [5.74, 6) is 0.144. The predicted molar refractivity (Wildman–Crippen MR) is 171 cm³/mol. The zero-order valence-electron chi connectivity index (χ0n) is 23.2. The number of aromatic nitrogens is 3. The van der Waals surface area contributed by atoms with Crippen molar-refractivity contribution >= 4 is 56.6 Å². The van der Waals surface area contributed by atoms with Crippen LogP contribution >= 0.6 is 35.0 Å². The molecule has 0 spiro atoms. The molecule has 2 N–H and O–H groups in total. The van der Waals surface area contributed by atoms with Gasteiger partial charge < -0.3 is 5.32 Å². The minimum Gasteiger partial charge on any atom is -0.326 e. The lowest BCUT2D eigenvalue weighted by molar-refractivity contribution is -0.114. The average molecular weight is 671 g/mol. The first kappa shape index (κ1) is 31.7. The highest BCUT2D eigenvalue weighted by Crippen LogP contribution is 2.34. The Morgan fingerprint density at radius 3 is 2.30 bits per heavy atom. The van der Waals surface area contributed by atoms with E-state index in [1.54, 1.807) is 34.9 Å². The average Bonchev–Trinajstić information content (AvgIpc) is 3.40. The molecule has 5 aromatic rings. The van der Waals surface area contributed by atoms with Crippen LogP contribution in [0.2, 0.25) is 10.0 Å². The molecule has 1 unspecified atom stereocenters. The summed E-state index contributed by atoms with van der Waals surface area (Å²) in [4.78, 5) is 11.4. The summed E-state index contributed by atoms with van der Waals surface area (Å²) in [7, 11) is -4.08. The maximum Gasteiger partial charge on any atom is 0.241 e. The molecule has 5 rings (SSSR count). The van der Waals surface area contributed by atoms with Crippen molar-refractivity contribution in [3.63, 3.8) is 0 Å². The van der Waals surface area contributed by atoms with Crippen molar-refractivity contribution in [1.82, 2.24) is 19.5 Å². The van der Waals surface area contributed by atoms with Crippen LogP contribution in [0.1, 0.15) is 29.9 Å². The molecule has 1 heterocycles. The number of amides is 1. The van der Waals surface area contributed by atoms with Crippen molar-refractivity contribution in [3.05, 3.63) is 130 Å². The molecule has 0 aliphatic heterocycles. The predicted octanol–water partition coefficient (Wildman–Crippen LogP) is 7.23. The highest BCUT2D eigenvalue weighted by Gasteiger charge is 2.29. The van der Waals surface area contributed by atoms with E-state index in [1.165, 1.54) is 55.1 Å². The minimum atomic E-state index is -4.08. The topological polar surface area (TPSA) is 106 Å². The lowest BCUT2D eigenvalue weighted by Crippen LogP contribution is -2.32. The van der Waals surface area contributed by atoms with E-state index in [2.05, 4.69) is 20.2 Å². The van der Waals surface area contributed by atoms with Gasteiger partial charge in [0.1, 0.15) is 5.82 Å². The fraction of sp³-hybridized carbons (Fsp3) is 0.129. The first-order valence-corrected chi connectivity index (χ1v) is 16.5. The van der Waals surface area contributed by atoms with Crippen molar-refractivity contribution in [2.24, 2.45) is 0 Å². The molecule has 0 saturated heterocycles. The number of thioether (sulfide) groups is 1. The number of nitrogens with one attached hydrogen (secondary N) is 2. The second-order valence-electron chi connectivity index (χ2n) is 9.76. The molecule has 0 aliphatic carbocycles. The molecule has 1 aromatic heterocycles. The molecule has 0 fully saturated rings. The molecule has 44 heavy (non-hydrogen) atoms. The Morgan fingerprint density at radius 2 is 1.64 bits per heavy atom. The van der Waals surface area contributed by atoms with Crippen LogP contribution in [0.4, 0.5) is 10.1 Å². The number of hydrogen-bond acceptors (Lipinski definition) is 6. The van der Waals surface area contributed by atoms with Crippen LogP contribution < -0.4 is 10.0 Å². The van der Waals surface area contributed by atoms with Crippen molar-refractivity contribution in [1.29, 1.82) is 0 Å². The number of rotatable bonds is 11. The van der Waals surface area contributed by atoms with Gasteiger partial charge >= 0.3 is 0 Å². The van der Waals surface area contributed by atoms with Crippen molar-refractivity contribution in [2.45, 2.75) is 35.2 Å². The Balaban J connectivity index is 1.56. The zero-order valence-corrected chi connectivity index (χ0v) is 26.4. The molecule has 0 saturated carbocycles. The van der Waals surface area contributed by atoms with Gasteiger partial charge in [0.05, 0.1) is 21.6 Å². The fourth-order valence-corrected chi connectivity index (χ4v) is 7.02. The van der Waals surface area contributed by atoms with Gasteiger partial charge in [0, 0.05) is 23.4 Å². The zero-order chi connectivity index (χ0) is 31.3. The first-order chi connectivity index (χ1) is 21.1. The van der Waals surface area contributed by atoms with Gasteiger partial charge in [-0.1, -0.05) is 77.4 Å². The summed E-state index contributed by atoms with van der Waals surface area (Å²) < 4.78 is 45.4. The fourth-order valence-electron chi connectivity index (χ4n) is 4.43. The van der Waals surface area contributed by atoms with Gasteiger partial charge in [-0.05, 0) is 72.1 Å². The van der Waals surface area contributed by atoms with E-state index in [0.717, 1.165) is 11.1 Å². The lowest BCUT2D eigenvalue weighted by atomic mass is 10.1. The maximum atomic E-state index is 13.7. The van der Waals surface area contributed by atoms with E-state index < -0.39 is 16.1 Å². The Bertz CT molecular complexity index is 1870. The molecule has 13 heteroatoms. The van der Waals surface area contributed by atoms with E-state index in [-0.39, 0.29) is 23.0 Å². The van der Waals surface area contributed by atoms with Crippen LogP contribution in [0, 0.1) is 5.82 Å². The second kappa shape index (κ2) is 13.9. The number of nitrogens with zero attached hydrogens (tertiary/aromatic N) is 3. The van der Waals surface area contributed by atoms with Crippen LogP contribution in [0.15, 0.2) is 107 Å². The van der Waals surface area contributed by atoms with E-state index in [4.69, 9.17) is 23.2 Å². The third-order valence-corrected chi connectivity index (χ3v) is 9.49. The van der Waals surface area contributed by atoms with Gasteiger partial charge in [-0.2, -0.15) is 0 Å². The van der Waals surface area contributed by atoms with Crippen LogP contribution in [-0.4, -0.2) is 29.1 Å². The number of benzene rings is 4. The number of sulfonamides is 1. The Labute approximate surface area is 268 Å². The summed E-state index contributed by atoms with van der Waals surface area (Å²) >= 11 is 14.2. The highest BCUT2D eigenvalue weighted by molar-refractivity contribution is 7.98. The Morgan fingerprint density at radius 1 is 0.932 bits per heavy atom. The number of carbonyl (C=O) groups is 1. The highest BCUT2D eigenvalue weighted by atomic mass is 35.5. The second-order valence-corrected chi connectivity index (χ2v) is 13.3. The van der Waals surface area contributed by atoms with Gasteiger partial charge in [-0.25, -0.2) is 17.5 Å². The summed E-state index contributed by atoms with van der Waals surface area (Å²) in [6.45, 7) is 1.37. The first-order valence-electron chi connectivity index (χ1n) is 13.3. The maximum absolute atomic E-state index is 13.7. The molecule has 8 nitrogen and oxygen atoms in total. The molecule has 0 bridgehead atoms. The van der Waals surface area contributed by atoms with Crippen LogP contribution in [0.25, 0.3) is 5.69 Å². The summed E-state index contributed by atoms with van der Waals surface area (Å²) in [6.07, 6.45) is 0.246.